The molecule has 2 nitrogen and oxygen atoms in total. The highest BCUT2D eigenvalue weighted by Gasteiger charge is 2.52. The van der Waals surface area contributed by atoms with Crippen molar-refractivity contribution in [1.29, 1.82) is 0 Å². The van der Waals surface area contributed by atoms with E-state index < -0.39 is 0 Å². The third-order valence-corrected chi connectivity index (χ3v) is 7.69. The summed E-state index contributed by atoms with van der Waals surface area (Å²) >= 11 is 2.04. The van der Waals surface area contributed by atoms with Crippen LogP contribution in [0.15, 0.2) is 54.1 Å². The lowest BCUT2D eigenvalue weighted by Crippen LogP contribution is -2.36. The van der Waals surface area contributed by atoms with Crippen LogP contribution in [0.5, 0.6) is 5.75 Å². The average Bonchev–Trinajstić information content (AvgIpc) is 3.23. The normalized spacial score (nSPS) is 36.0. The van der Waals surface area contributed by atoms with Crippen molar-refractivity contribution >= 4 is 22.5 Å². The minimum atomic E-state index is 0.287. The van der Waals surface area contributed by atoms with Crippen molar-refractivity contribution < 1.29 is 9.53 Å². The number of ether oxygens (including phenoxy) is 1. The molecule has 5 unspecified atom stereocenters. The summed E-state index contributed by atoms with van der Waals surface area (Å²) in [5.41, 5.74) is 2.64. The van der Waals surface area contributed by atoms with E-state index in [0.717, 1.165) is 5.75 Å². The lowest BCUT2D eigenvalue weighted by Gasteiger charge is -2.41. The topological polar surface area (TPSA) is 26.3 Å². The summed E-state index contributed by atoms with van der Waals surface area (Å²) in [5, 5.41) is 0.630. The first-order valence-corrected chi connectivity index (χ1v) is 9.57. The zero-order chi connectivity index (χ0) is 16.3. The van der Waals surface area contributed by atoms with E-state index in [1.54, 1.807) is 13.2 Å². The molecule has 24 heavy (non-hydrogen) atoms. The average molecular weight is 336 g/mol. The Morgan fingerprint density at radius 2 is 1.88 bits per heavy atom. The largest absolute Gasteiger partial charge is 0.497 e. The van der Waals surface area contributed by atoms with Crippen LogP contribution in [0.3, 0.4) is 0 Å². The third-order valence-electron chi connectivity index (χ3n) is 6.05. The molecule has 1 heterocycles. The summed E-state index contributed by atoms with van der Waals surface area (Å²) < 4.78 is 5.30. The molecule has 0 amide bonds. The molecule has 0 N–H and O–H groups in total. The predicted octanol–water partition coefficient (Wildman–Crippen LogP) is 4.49. The Kier molecular flexibility index (Phi) is 3.27. The van der Waals surface area contributed by atoms with Gasteiger partial charge in [0, 0.05) is 16.6 Å². The van der Waals surface area contributed by atoms with E-state index in [4.69, 9.17) is 4.74 Å². The Morgan fingerprint density at radius 3 is 2.67 bits per heavy atom. The molecule has 1 aromatic rings. The van der Waals surface area contributed by atoms with Gasteiger partial charge >= 0.3 is 0 Å². The van der Waals surface area contributed by atoms with Gasteiger partial charge in [0.1, 0.15) is 5.75 Å². The van der Waals surface area contributed by atoms with Crippen LogP contribution in [0.4, 0.5) is 0 Å². The maximum Gasteiger partial charge on any atom is 0.156 e. The van der Waals surface area contributed by atoms with Gasteiger partial charge in [-0.1, -0.05) is 30.4 Å². The Balaban J connectivity index is 1.61. The molecule has 5 atom stereocenters. The van der Waals surface area contributed by atoms with Crippen LogP contribution in [0.2, 0.25) is 0 Å². The van der Waals surface area contributed by atoms with Crippen molar-refractivity contribution in [3.05, 3.63) is 59.7 Å². The summed E-state index contributed by atoms with van der Waals surface area (Å²) in [4.78, 5) is 13.5. The number of allylic oxidation sites excluding steroid dienone is 5. The SMILES string of the molecule is COc1ccc(C2=C3C=CC(=O)CC3C3C4C=CC(C4)C3S2)cc1. The standard InChI is InChI=1S/C21H20O2S/c1-23-16-7-4-12(5-8-16)20-17-9-6-15(22)11-18(17)19-13-2-3-14(10-13)21(19)24-20/h2-9,13-14,18-19,21H,10-11H2,1H3. The molecule has 3 aliphatic carbocycles. The van der Waals surface area contributed by atoms with Gasteiger partial charge in [0.2, 0.25) is 0 Å². The first-order valence-electron chi connectivity index (χ1n) is 8.69. The van der Waals surface area contributed by atoms with Gasteiger partial charge in [-0.05, 0) is 59.4 Å². The van der Waals surface area contributed by atoms with E-state index in [-0.39, 0.29) is 5.78 Å². The van der Waals surface area contributed by atoms with Gasteiger partial charge < -0.3 is 4.74 Å². The van der Waals surface area contributed by atoms with E-state index in [1.807, 2.05) is 23.9 Å². The first kappa shape index (κ1) is 14.6. The van der Waals surface area contributed by atoms with Crippen LogP contribution in [-0.4, -0.2) is 18.1 Å². The van der Waals surface area contributed by atoms with E-state index >= 15 is 0 Å². The summed E-state index contributed by atoms with van der Waals surface area (Å²) in [6.45, 7) is 0. The summed E-state index contributed by atoms with van der Waals surface area (Å²) in [5.74, 6) is 3.55. The fraction of sp³-hybridized carbons (Fsp3) is 0.381. The van der Waals surface area contributed by atoms with Gasteiger partial charge in [0.25, 0.3) is 0 Å². The summed E-state index contributed by atoms with van der Waals surface area (Å²) in [6.07, 6.45) is 10.7. The van der Waals surface area contributed by atoms with Crippen LogP contribution < -0.4 is 4.74 Å². The lowest BCUT2D eigenvalue weighted by molar-refractivity contribution is -0.115. The van der Waals surface area contributed by atoms with Crippen LogP contribution in [0.25, 0.3) is 4.91 Å². The summed E-state index contributed by atoms with van der Waals surface area (Å²) in [7, 11) is 1.70. The van der Waals surface area contributed by atoms with Crippen LogP contribution in [-0.2, 0) is 4.79 Å². The molecule has 1 aromatic carbocycles. The van der Waals surface area contributed by atoms with Gasteiger partial charge in [-0.25, -0.2) is 0 Å². The fourth-order valence-corrected chi connectivity index (χ4v) is 6.80. The molecule has 0 radical (unpaired) electrons. The highest BCUT2D eigenvalue weighted by molar-refractivity contribution is 8.09. The molecule has 2 bridgehead atoms. The van der Waals surface area contributed by atoms with Crippen molar-refractivity contribution in [1.82, 2.24) is 0 Å². The van der Waals surface area contributed by atoms with Gasteiger partial charge in [-0.3, -0.25) is 4.79 Å². The Bertz CT molecular complexity index is 787. The number of carbonyl (C=O) groups is 1. The van der Waals surface area contributed by atoms with Crippen molar-refractivity contribution in [3.63, 3.8) is 0 Å². The maximum atomic E-state index is 12.1. The number of thioether (sulfide) groups is 1. The zero-order valence-electron chi connectivity index (χ0n) is 13.6. The second-order valence-corrected chi connectivity index (χ2v) is 8.42. The van der Waals surface area contributed by atoms with Gasteiger partial charge in [0.05, 0.1) is 7.11 Å². The van der Waals surface area contributed by atoms with E-state index in [1.165, 1.54) is 22.5 Å². The van der Waals surface area contributed by atoms with Crippen LogP contribution >= 0.6 is 11.8 Å². The van der Waals surface area contributed by atoms with Crippen molar-refractivity contribution in [2.45, 2.75) is 18.1 Å². The Labute approximate surface area is 146 Å². The molecule has 5 rings (SSSR count). The molecule has 1 aliphatic heterocycles. The molecular formula is C21H20O2S. The van der Waals surface area contributed by atoms with Crippen LogP contribution in [0.1, 0.15) is 18.4 Å². The molecule has 122 valence electrons. The quantitative estimate of drug-likeness (QED) is 0.745. The fourth-order valence-electron chi connectivity index (χ4n) is 4.98. The monoisotopic (exact) mass is 336 g/mol. The van der Waals surface area contributed by atoms with Crippen molar-refractivity contribution in [3.8, 4) is 5.75 Å². The minimum Gasteiger partial charge on any atom is -0.497 e. The van der Waals surface area contributed by atoms with Gasteiger partial charge in [-0.15, -0.1) is 11.8 Å². The zero-order valence-corrected chi connectivity index (χ0v) is 14.5. The molecule has 4 aliphatic rings. The number of methoxy groups -OCH3 is 1. The van der Waals surface area contributed by atoms with E-state index in [2.05, 4.69) is 30.4 Å². The molecular weight excluding hydrogens is 316 g/mol. The number of ketones is 1. The summed E-state index contributed by atoms with van der Waals surface area (Å²) in [6, 6.07) is 8.36. The number of hydrogen-bond acceptors (Lipinski definition) is 3. The Hall–Kier alpha value is -1.74. The van der Waals surface area contributed by atoms with Gasteiger partial charge in [0.15, 0.2) is 5.78 Å². The first-order chi connectivity index (χ1) is 11.7. The van der Waals surface area contributed by atoms with E-state index in [0.29, 0.717) is 35.3 Å². The molecule has 3 heteroatoms. The molecule has 1 saturated carbocycles. The highest BCUT2D eigenvalue weighted by atomic mass is 32.2. The van der Waals surface area contributed by atoms with Crippen molar-refractivity contribution in [2.75, 3.05) is 7.11 Å². The Morgan fingerprint density at radius 1 is 1.08 bits per heavy atom. The second kappa shape index (κ2) is 5.38. The number of rotatable bonds is 2. The maximum absolute atomic E-state index is 12.1. The molecule has 0 spiro atoms. The number of carbonyl (C=O) groups excluding carboxylic acids is 1. The van der Waals surface area contributed by atoms with Crippen molar-refractivity contribution in [2.24, 2.45) is 23.7 Å². The van der Waals surface area contributed by atoms with Gasteiger partial charge in [-0.2, -0.15) is 0 Å². The second-order valence-electron chi connectivity index (χ2n) is 7.23. The highest BCUT2D eigenvalue weighted by Crippen LogP contribution is 2.61. The van der Waals surface area contributed by atoms with E-state index in [9.17, 15) is 4.79 Å². The molecule has 0 aromatic heterocycles. The predicted molar refractivity (Wildman–Crippen MR) is 97.8 cm³/mol. The minimum absolute atomic E-state index is 0.287. The van der Waals surface area contributed by atoms with Crippen LogP contribution in [0, 0.1) is 23.7 Å². The molecule has 1 fully saturated rings. The third kappa shape index (κ3) is 2.07. The number of hydrogen-bond donors (Lipinski definition) is 0. The smallest absolute Gasteiger partial charge is 0.156 e. The number of benzene rings is 1. The molecule has 0 saturated heterocycles. The lowest BCUT2D eigenvalue weighted by atomic mass is 9.72. The number of fused-ring (bicyclic) bond motifs is 7.